The van der Waals surface area contributed by atoms with Crippen LogP contribution in [-0.4, -0.2) is 17.7 Å². The second kappa shape index (κ2) is 4.65. The molecule has 1 heteroatoms. The van der Waals surface area contributed by atoms with E-state index in [1.165, 1.54) is 29.1 Å². The topological polar surface area (TPSA) is 0 Å². The van der Waals surface area contributed by atoms with Gasteiger partial charge >= 0.3 is 78.0 Å². The van der Waals surface area contributed by atoms with Gasteiger partial charge in [0.1, 0.15) is 0 Å². The van der Waals surface area contributed by atoms with Gasteiger partial charge in [-0.05, 0) is 0 Å². The quantitative estimate of drug-likeness (QED) is 0.562. The van der Waals surface area contributed by atoms with E-state index in [9.17, 15) is 0 Å². The van der Waals surface area contributed by atoms with Crippen molar-refractivity contribution in [3.63, 3.8) is 0 Å². The number of hydrogen-bond donors (Lipinski definition) is 0. The van der Waals surface area contributed by atoms with Gasteiger partial charge in [-0.2, -0.15) is 0 Å². The Balaban J connectivity index is 2.52. The van der Waals surface area contributed by atoms with Crippen LogP contribution in [-0.2, 0) is 6.42 Å². The van der Waals surface area contributed by atoms with Gasteiger partial charge < -0.3 is 0 Å². The van der Waals surface area contributed by atoms with Crippen molar-refractivity contribution in [2.24, 2.45) is 0 Å². The van der Waals surface area contributed by atoms with Crippen molar-refractivity contribution in [1.82, 2.24) is 0 Å². The van der Waals surface area contributed by atoms with Gasteiger partial charge in [-0.25, -0.2) is 0 Å². The molecular weight excluding hydrogens is 127 g/mol. The van der Waals surface area contributed by atoms with E-state index in [4.69, 9.17) is 0 Å². The summed E-state index contributed by atoms with van der Waals surface area (Å²) in [5.74, 6) is 0. The minimum atomic E-state index is 1.23. The molecule has 0 saturated carbocycles. The molecule has 0 nitrogen and oxygen atoms in total. The Bertz CT molecular complexity index is 201. The average Bonchev–Trinajstić information content (AvgIpc) is 2.04. The van der Waals surface area contributed by atoms with Crippen molar-refractivity contribution in [2.45, 2.75) is 26.2 Å². The Hall–Kier alpha value is -0.183. The Morgan fingerprint density at radius 1 is 1.18 bits per heavy atom. The van der Waals surface area contributed by atoms with Crippen LogP contribution in [0.1, 0.15) is 25.3 Å². The van der Waals surface area contributed by atoms with Crippen molar-refractivity contribution >= 4 is 22.0 Å². The Kier molecular flexibility index (Phi) is 3.76. The number of unbranched alkanes of at least 4 members (excludes halogenated alkanes) is 1. The zero-order valence-corrected chi connectivity index (χ0v) is 7.43. The summed E-state index contributed by atoms with van der Waals surface area (Å²) >= 11 is 2.13. The van der Waals surface area contributed by atoms with Crippen LogP contribution in [0.4, 0.5) is 0 Å². The zero-order valence-electron chi connectivity index (χ0n) is 7.43. The molecule has 1 rings (SSSR count). The SMILES string of the molecule is [Li][c]1ccc(CCCC)cc1. The number of benzene rings is 1. The van der Waals surface area contributed by atoms with Crippen LogP contribution in [0.2, 0.25) is 0 Å². The molecule has 0 aromatic heterocycles. The molecule has 0 saturated heterocycles. The molecule has 0 aliphatic carbocycles. The molecule has 11 heavy (non-hydrogen) atoms. The fourth-order valence-corrected chi connectivity index (χ4v) is 1.14. The van der Waals surface area contributed by atoms with Crippen molar-refractivity contribution < 1.29 is 0 Å². The maximum atomic E-state index is 2.23. The van der Waals surface area contributed by atoms with Gasteiger partial charge in [0.05, 0.1) is 0 Å². The van der Waals surface area contributed by atoms with Crippen molar-refractivity contribution in [1.29, 1.82) is 0 Å². The summed E-state index contributed by atoms with van der Waals surface area (Å²) in [6, 6.07) is 8.83. The predicted molar refractivity (Wildman–Crippen MR) is 50.4 cm³/mol. The van der Waals surface area contributed by atoms with Crippen LogP contribution in [0, 0.1) is 0 Å². The second-order valence-electron chi connectivity index (χ2n) is 3.09. The molecule has 0 aliphatic heterocycles. The molecule has 0 spiro atoms. The van der Waals surface area contributed by atoms with Gasteiger partial charge in [-0.1, -0.05) is 0 Å². The van der Waals surface area contributed by atoms with Gasteiger partial charge in [0, 0.05) is 0 Å². The number of aryl methyl sites for hydroxylation is 1. The monoisotopic (exact) mass is 140 g/mol. The van der Waals surface area contributed by atoms with E-state index in [1.807, 2.05) is 0 Å². The predicted octanol–water partition coefficient (Wildman–Crippen LogP) is 1.82. The molecule has 0 fully saturated rings. The van der Waals surface area contributed by atoms with E-state index in [2.05, 4.69) is 48.9 Å². The third kappa shape index (κ3) is 3.14. The van der Waals surface area contributed by atoms with E-state index >= 15 is 0 Å². The summed E-state index contributed by atoms with van der Waals surface area (Å²) in [5, 5.41) is 0. The molecule has 0 N–H and O–H groups in total. The van der Waals surface area contributed by atoms with Gasteiger partial charge in [0.2, 0.25) is 0 Å². The molecule has 0 heterocycles. The third-order valence-corrected chi connectivity index (χ3v) is 1.94. The van der Waals surface area contributed by atoms with Gasteiger partial charge in [0.25, 0.3) is 0 Å². The summed E-state index contributed by atoms with van der Waals surface area (Å²) in [6.45, 7) is 2.23. The summed E-state index contributed by atoms with van der Waals surface area (Å²) in [5.41, 5.74) is 1.47. The molecule has 0 bridgehead atoms. The Labute approximate surface area is 78.2 Å². The van der Waals surface area contributed by atoms with Crippen molar-refractivity contribution in [2.75, 3.05) is 0 Å². The van der Waals surface area contributed by atoms with E-state index in [0.717, 1.165) is 0 Å². The Morgan fingerprint density at radius 3 is 2.36 bits per heavy atom. The summed E-state index contributed by atoms with van der Waals surface area (Å²) in [6.07, 6.45) is 3.83. The van der Waals surface area contributed by atoms with E-state index in [0.29, 0.717) is 0 Å². The van der Waals surface area contributed by atoms with E-state index in [1.54, 1.807) is 0 Å². The molecule has 0 unspecified atom stereocenters. The first kappa shape index (κ1) is 8.91. The molecule has 1 aromatic rings. The molecule has 0 aliphatic rings. The standard InChI is InChI=1S/C10H13.Li/c1-2-3-7-10-8-5-4-6-9-10;/h5-6,8-9H,2-3,7H2,1H3;. The summed E-state index contributed by atoms with van der Waals surface area (Å²) in [7, 11) is 0. The van der Waals surface area contributed by atoms with Gasteiger partial charge in [-0.15, -0.1) is 0 Å². The fraction of sp³-hybridized carbons (Fsp3) is 0.400. The summed E-state index contributed by atoms with van der Waals surface area (Å²) in [4.78, 5) is 0. The summed E-state index contributed by atoms with van der Waals surface area (Å²) < 4.78 is 1.35. The van der Waals surface area contributed by atoms with Crippen LogP contribution in [0.5, 0.6) is 0 Å². The molecular formula is C10H13Li. The van der Waals surface area contributed by atoms with Crippen molar-refractivity contribution in [3.05, 3.63) is 29.8 Å². The fourth-order valence-electron chi connectivity index (χ4n) is 1.14. The van der Waals surface area contributed by atoms with E-state index < -0.39 is 0 Å². The number of rotatable bonds is 3. The van der Waals surface area contributed by atoms with Crippen LogP contribution in [0.15, 0.2) is 24.3 Å². The minimum absolute atomic E-state index is 1.23. The van der Waals surface area contributed by atoms with Crippen molar-refractivity contribution in [3.8, 4) is 0 Å². The van der Waals surface area contributed by atoms with Crippen LogP contribution < -0.4 is 4.24 Å². The third-order valence-electron chi connectivity index (χ3n) is 1.94. The average molecular weight is 140 g/mol. The second-order valence-corrected chi connectivity index (χ2v) is 3.09. The first-order valence-electron chi connectivity index (χ1n) is 4.38. The zero-order chi connectivity index (χ0) is 8.10. The van der Waals surface area contributed by atoms with Gasteiger partial charge in [0.15, 0.2) is 0 Å². The van der Waals surface area contributed by atoms with E-state index in [-0.39, 0.29) is 0 Å². The molecule has 0 amide bonds. The molecule has 0 radical (unpaired) electrons. The van der Waals surface area contributed by atoms with Crippen LogP contribution >= 0.6 is 0 Å². The maximum absolute atomic E-state index is 2.23. The van der Waals surface area contributed by atoms with Crippen LogP contribution in [0.3, 0.4) is 0 Å². The molecule has 0 atom stereocenters. The van der Waals surface area contributed by atoms with Gasteiger partial charge in [-0.3, -0.25) is 0 Å². The normalized spacial score (nSPS) is 10.1. The molecule has 1 aromatic carbocycles. The molecule has 54 valence electrons. The number of hydrogen-bond acceptors (Lipinski definition) is 0. The Morgan fingerprint density at radius 2 is 1.82 bits per heavy atom. The first-order valence-corrected chi connectivity index (χ1v) is 4.38. The first-order chi connectivity index (χ1) is 5.33. The van der Waals surface area contributed by atoms with Crippen LogP contribution in [0.25, 0.3) is 0 Å².